The smallest absolute Gasteiger partial charge is 0.257 e. The zero-order valence-electron chi connectivity index (χ0n) is 24.9. The number of benzene rings is 2. The van der Waals surface area contributed by atoms with Crippen LogP contribution in [0.1, 0.15) is 60.4 Å². The van der Waals surface area contributed by atoms with Gasteiger partial charge in [-0.2, -0.15) is 0 Å². The number of aromatic amines is 1. The van der Waals surface area contributed by atoms with E-state index in [1.54, 1.807) is 12.1 Å². The summed E-state index contributed by atoms with van der Waals surface area (Å²) in [6.07, 6.45) is 2.26. The van der Waals surface area contributed by atoms with Crippen molar-refractivity contribution >= 4 is 34.7 Å². The Morgan fingerprint density at radius 2 is 1.93 bits per heavy atom. The van der Waals surface area contributed by atoms with E-state index < -0.39 is 23.8 Å². The first-order valence-electron chi connectivity index (χ1n) is 15.0. The molecule has 0 radical (unpaired) electrons. The van der Waals surface area contributed by atoms with Crippen LogP contribution in [0, 0.1) is 18.7 Å². The number of halogens is 1. The van der Waals surface area contributed by atoms with Crippen LogP contribution >= 0.6 is 0 Å². The fourth-order valence-electron chi connectivity index (χ4n) is 5.85. The molecule has 43 heavy (non-hydrogen) atoms. The average molecular weight is 591 g/mol. The van der Waals surface area contributed by atoms with Crippen LogP contribution in [0.5, 0.6) is 0 Å². The van der Waals surface area contributed by atoms with Crippen molar-refractivity contribution in [3.05, 3.63) is 64.7 Å². The molecule has 0 spiro atoms. The molecule has 10 nitrogen and oxygen atoms in total. The molecule has 0 aliphatic carbocycles. The number of nitrogens with one attached hydrogen (secondary N) is 3. The summed E-state index contributed by atoms with van der Waals surface area (Å²) in [6.45, 7) is 6.42. The first-order valence-corrected chi connectivity index (χ1v) is 15.0. The summed E-state index contributed by atoms with van der Waals surface area (Å²) < 4.78 is 14.8. The maximum Gasteiger partial charge on any atom is 0.257 e. The van der Waals surface area contributed by atoms with Gasteiger partial charge in [0, 0.05) is 25.7 Å². The largest absolute Gasteiger partial charge is 0.355 e. The van der Waals surface area contributed by atoms with E-state index in [-0.39, 0.29) is 48.7 Å². The van der Waals surface area contributed by atoms with Crippen molar-refractivity contribution in [2.75, 3.05) is 26.2 Å². The fraction of sp³-hybridized carbons (Fsp3) is 0.469. The van der Waals surface area contributed by atoms with Crippen LogP contribution in [-0.2, 0) is 27.2 Å². The lowest BCUT2D eigenvalue weighted by Gasteiger charge is -2.32. The Balaban J connectivity index is 1.40. The maximum atomic E-state index is 14.8. The van der Waals surface area contributed by atoms with Crippen molar-refractivity contribution < 1.29 is 23.6 Å². The van der Waals surface area contributed by atoms with Crippen molar-refractivity contribution in [2.24, 2.45) is 5.92 Å². The number of aromatic nitrogens is 2. The molecule has 1 fully saturated rings. The zero-order valence-corrected chi connectivity index (χ0v) is 24.9. The molecule has 0 saturated carbocycles. The Morgan fingerprint density at radius 1 is 1.12 bits per heavy atom. The number of carbonyl (C=O) groups is 4. The summed E-state index contributed by atoms with van der Waals surface area (Å²) in [5.74, 6) is -1.31. The molecule has 2 bridgehead atoms. The van der Waals surface area contributed by atoms with E-state index in [2.05, 4.69) is 20.6 Å². The average Bonchev–Trinajstić information content (AvgIpc) is 3.60. The molecule has 3 aromatic rings. The molecule has 4 amide bonds. The van der Waals surface area contributed by atoms with Gasteiger partial charge in [-0.3, -0.25) is 19.2 Å². The summed E-state index contributed by atoms with van der Waals surface area (Å²) >= 11 is 0. The third-order valence-corrected chi connectivity index (χ3v) is 8.30. The van der Waals surface area contributed by atoms with E-state index in [9.17, 15) is 23.6 Å². The number of H-pyrrole nitrogens is 1. The minimum absolute atomic E-state index is 0.0498. The molecule has 2 aromatic carbocycles. The van der Waals surface area contributed by atoms with E-state index in [1.165, 1.54) is 15.9 Å². The number of imidazole rings is 1. The first kappa shape index (κ1) is 30.2. The van der Waals surface area contributed by atoms with Crippen LogP contribution in [0.4, 0.5) is 4.39 Å². The van der Waals surface area contributed by atoms with Crippen LogP contribution in [0.25, 0.3) is 11.0 Å². The number of hydrogen-bond acceptors (Lipinski definition) is 5. The molecule has 2 atom stereocenters. The number of fused-ring (bicyclic) bond motifs is 4. The molecular weight excluding hydrogens is 551 g/mol. The van der Waals surface area contributed by atoms with E-state index >= 15 is 0 Å². The molecule has 0 unspecified atom stereocenters. The zero-order chi connectivity index (χ0) is 30.7. The number of carbonyl (C=O) groups excluding carboxylic acids is 4. The second kappa shape index (κ2) is 12.9. The molecule has 5 rings (SSSR count). The summed E-state index contributed by atoms with van der Waals surface area (Å²) in [4.78, 5) is 64.3. The number of hydrogen-bond donors (Lipinski definition) is 3. The highest BCUT2D eigenvalue weighted by atomic mass is 19.1. The summed E-state index contributed by atoms with van der Waals surface area (Å²) in [5.41, 5.74) is 3.14. The summed E-state index contributed by atoms with van der Waals surface area (Å²) in [5, 5.41) is 5.93. The van der Waals surface area contributed by atoms with Gasteiger partial charge in [0.1, 0.15) is 17.7 Å². The lowest BCUT2D eigenvalue weighted by atomic mass is 10.0. The second-order valence-corrected chi connectivity index (χ2v) is 11.9. The van der Waals surface area contributed by atoms with Gasteiger partial charge in [0.25, 0.3) is 5.91 Å². The molecule has 1 saturated heterocycles. The normalized spacial score (nSPS) is 20.6. The van der Waals surface area contributed by atoms with Gasteiger partial charge in [-0.15, -0.1) is 0 Å². The number of nitrogens with zero attached hydrogens (tertiary/aromatic N) is 3. The second-order valence-electron chi connectivity index (χ2n) is 11.9. The van der Waals surface area contributed by atoms with Gasteiger partial charge in [-0.1, -0.05) is 26.0 Å². The predicted molar refractivity (Wildman–Crippen MR) is 160 cm³/mol. The van der Waals surface area contributed by atoms with Crippen LogP contribution in [0.3, 0.4) is 0 Å². The Hall–Kier alpha value is -4.28. The lowest BCUT2D eigenvalue weighted by molar-refractivity contribution is -0.136. The Bertz CT molecular complexity index is 1540. The molecule has 228 valence electrons. The Labute approximate surface area is 250 Å². The first-order chi connectivity index (χ1) is 20.6. The van der Waals surface area contributed by atoms with E-state index in [0.717, 1.165) is 28.0 Å². The van der Waals surface area contributed by atoms with Crippen LogP contribution in [-0.4, -0.2) is 81.7 Å². The molecule has 2 aliphatic rings. The summed E-state index contributed by atoms with van der Waals surface area (Å²) in [6, 6.07) is 8.83. The SMILES string of the molecule is Cc1nc2ccc(CC(=O)N3CC(=O)NCCCc4ccc(F)c(c4)C(=O)N4CCC[C@H]4C(=O)N[C@H](C(C)C)C3)cc2[nH]1. The number of amides is 4. The van der Waals surface area contributed by atoms with E-state index in [1.807, 2.05) is 39.0 Å². The van der Waals surface area contributed by atoms with E-state index in [0.29, 0.717) is 38.8 Å². The van der Waals surface area contributed by atoms with Gasteiger partial charge in [-0.05, 0) is 73.9 Å². The molecular formula is C32H39FN6O4. The van der Waals surface area contributed by atoms with Crippen LogP contribution < -0.4 is 10.6 Å². The minimum atomic E-state index is -0.746. The Morgan fingerprint density at radius 3 is 2.72 bits per heavy atom. The fourth-order valence-corrected chi connectivity index (χ4v) is 5.85. The van der Waals surface area contributed by atoms with Gasteiger partial charge in [0.15, 0.2) is 0 Å². The van der Waals surface area contributed by atoms with Crippen LogP contribution in [0.2, 0.25) is 0 Å². The molecule has 3 N–H and O–H groups in total. The highest BCUT2D eigenvalue weighted by Crippen LogP contribution is 2.24. The lowest BCUT2D eigenvalue weighted by Crippen LogP contribution is -2.55. The number of rotatable bonds is 3. The van der Waals surface area contributed by atoms with Crippen molar-refractivity contribution in [2.45, 2.75) is 65.0 Å². The minimum Gasteiger partial charge on any atom is -0.355 e. The summed E-state index contributed by atoms with van der Waals surface area (Å²) in [7, 11) is 0. The van der Waals surface area contributed by atoms with Crippen molar-refractivity contribution in [3.63, 3.8) is 0 Å². The standard InChI is InChI=1S/C32H39FN6O4/c1-19(2)27-17-38(30(41)16-22-9-11-25-26(15-22)36-20(3)35-25)18-29(40)34-12-4-6-21-8-10-24(33)23(14-21)32(43)39-13-5-7-28(39)31(42)37-27/h8-11,14-15,19,27-28H,4-7,12-13,16-18H2,1-3H3,(H,34,40)(H,35,36)(H,37,42)/t27-,28-/m0/s1. The highest BCUT2D eigenvalue weighted by molar-refractivity contribution is 5.98. The highest BCUT2D eigenvalue weighted by Gasteiger charge is 2.37. The Kier molecular flexibility index (Phi) is 9.08. The molecule has 3 heterocycles. The van der Waals surface area contributed by atoms with Gasteiger partial charge < -0.3 is 25.4 Å². The quantitative estimate of drug-likeness (QED) is 0.432. The van der Waals surface area contributed by atoms with Crippen LogP contribution in [0.15, 0.2) is 36.4 Å². The molecule has 11 heteroatoms. The van der Waals surface area contributed by atoms with E-state index in [4.69, 9.17) is 0 Å². The van der Waals surface area contributed by atoms with Gasteiger partial charge >= 0.3 is 0 Å². The van der Waals surface area contributed by atoms with Crippen molar-refractivity contribution in [3.8, 4) is 0 Å². The van der Waals surface area contributed by atoms with Gasteiger partial charge in [-0.25, -0.2) is 9.37 Å². The third-order valence-electron chi connectivity index (χ3n) is 8.30. The molecule has 1 aromatic heterocycles. The predicted octanol–water partition coefficient (Wildman–Crippen LogP) is 2.89. The van der Waals surface area contributed by atoms with Crippen molar-refractivity contribution in [1.29, 1.82) is 0 Å². The number of aryl methyl sites for hydroxylation is 2. The van der Waals surface area contributed by atoms with Gasteiger partial charge in [0.05, 0.1) is 29.6 Å². The molecule has 2 aliphatic heterocycles. The van der Waals surface area contributed by atoms with Crippen molar-refractivity contribution in [1.82, 2.24) is 30.4 Å². The third kappa shape index (κ3) is 7.03. The monoisotopic (exact) mass is 590 g/mol. The maximum absolute atomic E-state index is 14.8. The topological polar surface area (TPSA) is 128 Å². The van der Waals surface area contributed by atoms with Gasteiger partial charge in [0.2, 0.25) is 17.7 Å².